The molecule has 1 fully saturated rings. The van der Waals surface area contributed by atoms with Crippen molar-refractivity contribution in [3.63, 3.8) is 0 Å². The van der Waals surface area contributed by atoms with E-state index in [4.69, 9.17) is 4.74 Å². The second-order valence-corrected chi connectivity index (χ2v) is 8.25. The number of fused-ring (bicyclic) bond motifs is 3. The first-order valence-corrected chi connectivity index (χ1v) is 10.4. The van der Waals surface area contributed by atoms with Crippen LogP contribution in [0.4, 0.5) is 5.69 Å². The van der Waals surface area contributed by atoms with Crippen LogP contribution in [-0.2, 0) is 6.42 Å². The van der Waals surface area contributed by atoms with Crippen LogP contribution in [0.25, 0.3) is 0 Å². The van der Waals surface area contributed by atoms with E-state index < -0.39 is 0 Å². The zero-order valence-electron chi connectivity index (χ0n) is 17.3. The molecule has 5 nitrogen and oxygen atoms in total. The van der Waals surface area contributed by atoms with Crippen molar-refractivity contribution in [1.29, 1.82) is 0 Å². The highest BCUT2D eigenvalue weighted by Crippen LogP contribution is 2.38. The van der Waals surface area contributed by atoms with Crippen molar-refractivity contribution >= 4 is 17.4 Å². The summed E-state index contributed by atoms with van der Waals surface area (Å²) in [5, 5.41) is 3.01. The summed E-state index contributed by atoms with van der Waals surface area (Å²) in [5.74, 6) is 0.173. The zero-order valence-corrected chi connectivity index (χ0v) is 17.3. The first-order valence-electron chi connectivity index (χ1n) is 10.4. The summed E-state index contributed by atoms with van der Waals surface area (Å²) in [6.07, 6.45) is 3.45. The Morgan fingerprint density at radius 3 is 2.72 bits per heavy atom. The van der Waals surface area contributed by atoms with Crippen molar-refractivity contribution < 1.29 is 14.3 Å². The number of carbonyl (C=O) groups excluding carboxylic acids is 2. The molecule has 29 heavy (non-hydrogen) atoms. The van der Waals surface area contributed by atoms with E-state index in [1.54, 1.807) is 18.2 Å². The summed E-state index contributed by atoms with van der Waals surface area (Å²) in [6, 6.07) is 11.7. The summed E-state index contributed by atoms with van der Waals surface area (Å²) >= 11 is 0. The summed E-state index contributed by atoms with van der Waals surface area (Å²) < 4.78 is 5.70. The summed E-state index contributed by atoms with van der Waals surface area (Å²) in [6.45, 7) is 7.60. The van der Waals surface area contributed by atoms with Gasteiger partial charge in [-0.05, 0) is 88.0 Å². The van der Waals surface area contributed by atoms with Gasteiger partial charge in [0.1, 0.15) is 5.75 Å². The topological polar surface area (TPSA) is 58.6 Å². The van der Waals surface area contributed by atoms with Gasteiger partial charge in [-0.25, -0.2) is 0 Å². The third kappa shape index (κ3) is 4.06. The van der Waals surface area contributed by atoms with Crippen LogP contribution in [0, 0.1) is 0 Å². The number of hydrogen-bond acceptors (Lipinski definition) is 4. The lowest BCUT2D eigenvalue weighted by Crippen LogP contribution is -2.31. The Bertz CT molecular complexity index is 951. The first kappa shape index (κ1) is 19.6. The van der Waals surface area contributed by atoms with Gasteiger partial charge in [-0.2, -0.15) is 0 Å². The lowest BCUT2D eigenvalue weighted by atomic mass is 9.92. The Kier molecular flexibility index (Phi) is 5.41. The Morgan fingerprint density at radius 2 is 1.97 bits per heavy atom. The monoisotopic (exact) mass is 392 g/mol. The molecular weight excluding hydrogens is 364 g/mol. The Balaban J connectivity index is 1.56. The normalized spacial score (nSPS) is 18.3. The standard InChI is InChI=1S/C24H28N2O3/c1-15(2)29-23-9-7-18(13-20(23)16(3)27)24(28)25-19-8-6-17-10-12-26-11-4-5-22(26)21(17)14-19/h6-9,13-15,22H,4-5,10-12H2,1-3H3,(H,25,28). The smallest absolute Gasteiger partial charge is 0.255 e. The quantitative estimate of drug-likeness (QED) is 0.754. The summed E-state index contributed by atoms with van der Waals surface area (Å²) in [4.78, 5) is 27.4. The number of ketones is 1. The Labute approximate surface area is 172 Å². The largest absolute Gasteiger partial charge is 0.490 e. The van der Waals surface area contributed by atoms with Crippen LogP contribution in [0.3, 0.4) is 0 Å². The second kappa shape index (κ2) is 7.99. The van der Waals surface area contributed by atoms with Gasteiger partial charge in [0.25, 0.3) is 5.91 Å². The minimum atomic E-state index is -0.220. The molecule has 0 spiro atoms. The fourth-order valence-electron chi connectivity index (χ4n) is 4.43. The fourth-order valence-corrected chi connectivity index (χ4v) is 4.43. The van der Waals surface area contributed by atoms with E-state index in [9.17, 15) is 9.59 Å². The van der Waals surface area contributed by atoms with Crippen molar-refractivity contribution in [2.24, 2.45) is 0 Å². The zero-order chi connectivity index (χ0) is 20.5. The van der Waals surface area contributed by atoms with Crippen molar-refractivity contribution in [2.75, 3.05) is 18.4 Å². The molecule has 2 aromatic rings. The lowest BCUT2D eigenvalue weighted by Gasteiger charge is -2.32. The van der Waals surface area contributed by atoms with Crippen LogP contribution >= 0.6 is 0 Å². The van der Waals surface area contributed by atoms with Crippen LogP contribution in [0.5, 0.6) is 5.75 Å². The SMILES string of the molecule is CC(=O)c1cc(C(=O)Nc2ccc3c(c2)C2CCCN2CC3)ccc1OC(C)C. The van der Waals surface area contributed by atoms with E-state index in [0.29, 0.717) is 22.9 Å². The molecule has 0 bridgehead atoms. The van der Waals surface area contributed by atoms with Crippen molar-refractivity contribution in [3.05, 3.63) is 58.7 Å². The van der Waals surface area contributed by atoms with Crippen LogP contribution in [-0.4, -0.2) is 35.8 Å². The number of carbonyl (C=O) groups is 2. The number of Topliss-reactive ketones (excluding diaryl/α,β-unsaturated/α-hetero) is 1. The minimum Gasteiger partial charge on any atom is -0.490 e. The van der Waals surface area contributed by atoms with Gasteiger partial charge in [0, 0.05) is 23.8 Å². The molecule has 2 aliphatic heterocycles. The maximum atomic E-state index is 12.8. The number of hydrogen-bond donors (Lipinski definition) is 1. The maximum absolute atomic E-state index is 12.8. The molecule has 5 heteroatoms. The summed E-state index contributed by atoms with van der Waals surface area (Å²) in [5.41, 5.74) is 4.41. The van der Waals surface area contributed by atoms with E-state index in [-0.39, 0.29) is 17.8 Å². The molecule has 1 saturated heterocycles. The molecule has 2 heterocycles. The van der Waals surface area contributed by atoms with E-state index >= 15 is 0 Å². The number of rotatable bonds is 5. The van der Waals surface area contributed by atoms with E-state index in [0.717, 1.165) is 18.7 Å². The molecule has 1 atom stereocenters. The van der Waals surface area contributed by atoms with Crippen molar-refractivity contribution in [2.45, 2.75) is 52.2 Å². The molecular formula is C24H28N2O3. The van der Waals surface area contributed by atoms with Crippen LogP contribution in [0.1, 0.15) is 71.5 Å². The van der Waals surface area contributed by atoms with Gasteiger partial charge >= 0.3 is 0 Å². The highest BCUT2D eigenvalue weighted by Gasteiger charge is 2.31. The van der Waals surface area contributed by atoms with Gasteiger partial charge in [0.15, 0.2) is 5.78 Å². The van der Waals surface area contributed by atoms with Gasteiger partial charge in [0.05, 0.1) is 11.7 Å². The Morgan fingerprint density at radius 1 is 1.14 bits per heavy atom. The number of anilines is 1. The van der Waals surface area contributed by atoms with Crippen molar-refractivity contribution in [1.82, 2.24) is 4.90 Å². The molecule has 152 valence electrons. The molecule has 0 aromatic heterocycles. The molecule has 1 amide bonds. The highest BCUT2D eigenvalue weighted by molar-refractivity contribution is 6.07. The molecule has 0 radical (unpaired) electrons. The number of nitrogens with zero attached hydrogens (tertiary/aromatic N) is 1. The van der Waals surface area contributed by atoms with Gasteiger partial charge in [-0.3, -0.25) is 14.5 Å². The number of amides is 1. The van der Waals surface area contributed by atoms with Gasteiger partial charge in [-0.15, -0.1) is 0 Å². The number of ether oxygens (including phenoxy) is 1. The number of nitrogens with one attached hydrogen (secondary N) is 1. The fraction of sp³-hybridized carbons (Fsp3) is 0.417. The summed E-state index contributed by atoms with van der Waals surface area (Å²) in [7, 11) is 0. The second-order valence-electron chi connectivity index (χ2n) is 8.25. The molecule has 4 rings (SSSR count). The average Bonchev–Trinajstić information content (AvgIpc) is 3.17. The number of benzene rings is 2. The van der Waals surface area contributed by atoms with Gasteiger partial charge in [0.2, 0.25) is 0 Å². The highest BCUT2D eigenvalue weighted by atomic mass is 16.5. The van der Waals surface area contributed by atoms with Crippen LogP contribution in [0.2, 0.25) is 0 Å². The third-order valence-corrected chi connectivity index (χ3v) is 5.78. The third-order valence-electron chi connectivity index (χ3n) is 5.78. The molecule has 2 aliphatic rings. The van der Waals surface area contributed by atoms with E-state index in [2.05, 4.69) is 22.3 Å². The maximum Gasteiger partial charge on any atom is 0.255 e. The molecule has 2 aromatic carbocycles. The minimum absolute atomic E-state index is 0.0431. The molecule has 0 saturated carbocycles. The average molecular weight is 392 g/mol. The molecule has 1 N–H and O–H groups in total. The first-order chi connectivity index (χ1) is 13.9. The predicted molar refractivity (Wildman–Crippen MR) is 114 cm³/mol. The van der Waals surface area contributed by atoms with Gasteiger partial charge < -0.3 is 10.1 Å². The molecule has 1 unspecified atom stereocenters. The van der Waals surface area contributed by atoms with Crippen molar-refractivity contribution in [3.8, 4) is 5.75 Å². The van der Waals surface area contributed by atoms with E-state index in [1.807, 2.05) is 19.9 Å². The Hall–Kier alpha value is -2.66. The lowest BCUT2D eigenvalue weighted by molar-refractivity contribution is 0.101. The van der Waals surface area contributed by atoms with Crippen LogP contribution < -0.4 is 10.1 Å². The van der Waals surface area contributed by atoms with Gasteiger partial charge in [-0.1, -0.05) is 6.07 Å². The van der Waals surface area contributed by atoms with Crippen LogP contribution in [0.15, 0.2) is 36.4 Å². The molecule has 0 aliphatic carbocycles. The van der Waals surface area contributed by atoms with E-state index in [1.165, 1.54) is 37.4 Å². The predicted octanol–water partition coefficient (Wildman–Crippen LogP) is 4.62.